The zero-order valence-electron chi connectivity index (χ0n) is 17.3. The Morgan fingerprint density at radius 1 is 1.07 bits per heavy atom. The van der Waals surface area contributed by atoms with Gasteiger partial charge in [-0.3, -0.25) is 9.59 Å². The smallest absolute Gasteiger partial charge is 0.262 e. The molecule has 0 fully saturated rings. The number of benzene rings is 2. The number of carbonyl (C=O) groups excluding carboxylic acids is 2. The molecule has 0 spiro atoms. The van der Waals surface area contributed by atoms with Gasteiger partial charge in [-0.2, -0.15) is 5.10 Å². The molecule has 2 aromatic carbocycles. The summed E-state index contributed by atoms with van der Waals surface area (Å²) in [5, 5.41) is 7.72. The summed E-state index contributed by atoms with van der Waals surface area (Å²) in [5.41, 5.74) is 4.50. The van der Waals surface area contributed by atoms with Crippen molar-refractivity contribution in [3.63, 3.8) is 0 Å². The van der Waals surface area contributed by atoms with Gasteiger partial charge >= 0.3 is 0 Å². The Morgan fingerprint density at radius 3 is 2.50 bits per heavy atom. The average molecular weight is 406 g/mol. The first-order chi connectivity index (χ1) is 14.5. The molecule has 0 aliphatic carbocycles. The number of hydrogen-bond acceptors (Lipinski definition) is 4. The van der Waals surface area contributed by atoms with Crippen LogP contribution in [-0.4, -0.2) is 35.2 Å². The molecule has 30 heavy (non-hydrogen) atoms. The van der Waals surface area contributed by atoms with Gasteiger partial charge in [0.15, 0.2) is 6.61 Å². The topological polar surface area (TPSA) is 84.7 Å². The average Bonchev–Trinajstić information content (AvgIpc) is 3.12. The van der Waals surface area contributed by atoms with Crippen LogP contribution < -0.4 is 15.5 Å². The van der Waals surface area contributed by atoms with Crippen molar-refractivity contribution in [3.8, 4) is 5.75 Å². The van der Waals surface area contributed by atoms with Gasteiger partial charge in [-0.1, -0.05) is 36.4 Å². The number of nitrogens with one attached hydrogen (secondary N) is 2. The van der Waals surface area contributed by atoms with Gasteiger partial charge in [-0.05, 0) is 39.0 Å². The predicted octanol–water partition coefficient (Wildman–Crippen LogP) is 3.26. The Balaban J connectivity index is 1.54. The molecule has 156 valence electrons. The first-order valence-corrected chi connectivity index (χ1v) is 9.85. The highest BCUT2D eigenvalue weighted by Crippen LogP contribution is 2.23. The van der Waals surface area contributed by atoms with Crippen molar-refractivity contribution in [2.24, 2.45) is 5.10 Å². The molecule has 1 heterocycles. The van der Waals surface area contributed by atoms with E-state index in [0.29, 0.717) is 11.8 Å². The van der Waals surface area contributed by atoms with Crippen molar-refractivity contribution < 1.29 is 14.3 Å². The lowest BCUT2D eigenvalue weighted by molar-refractivity contribution is -0.129. The van der Waals surface area contributed by atoms with E-state index in [2.05, 4.69) is 40.3 Å². The zero-order valence-corrected chi connectivity index (χ0v) is 17.3. The summed E-state index contributed by atoms with van der Waals surface area (Å²) in [6.07, 6.45) is 3.63. The number of rotatable bonds is 8. The zero-order chi connectivity index (χ0) is 21.5. The molecule has 2 amide bonds. The molecule has 0 aliphatic rings. The summed E-state index contributed by atoms with van der Waals surface area (Å²) in [6, 6.07) is 16.6. The fraction of sp³-hybridized carbons (Fsp3) is 0.261. The van der Waals surface area contributed by atoms with Crippen LogP contribution in [0.1, 0.15) is 32.4 Å². The third-order valence-electron chi connectivity index (χ3n) is 4.59. The summed E-state index contributed by atoms with van der Waals surface area (Å²) >= 11 is 0. The molecular formula is C23H26N4O3. The number of amides is 2. The molecule has 0 radical (unpaired) electrons. The molecule has 0 aliphatic heterocycles. The first-order valence-electron chi connectivity index (χ1n) is 9.85. The largest absolute Gasteiger partial charge is 0.484 e. The second-order valence-corrected chi connectivity index (χ2v) is 7.23. The summed E-state index contributed by atoms with van der Waals surface area (Å²) in [7, 11) is 0. The third-order valence-corrected chi connectivity index (χ3v) is 4.59. The molecule has 7 heteroatoms. The number of para-hydroxylation sites is 2. The molecule has 3 aromatic rings. The monoisotopic (exact) mass is 406 g/mol. The van der Waals surface area contributed by atoms with Gasteiger partial charge in [0.1, 0.15) is 11.8 Å². The fourth-order valence-electron chi connectivity index (χ4n) is 3.04. The number of carbonyl (C=O) groups is 2. The molecule has 0 bridgehead atoms. The van der Waals surface area contributed by atoms with Crippen molar-refractivity contribution in [3.05, 3.63) is 66.4 Å². The number of hydrazone groups is 1. The van der Waals surface area contributed by atoms with Crippen molar-refractivity contribution in [1.82, 2.24) is 15.3 Å². The standard InChI is InChI=1S/C23H26N4O3/c1-16(2)27-14-18(20-11-7-8-12-21(20)27)13-24-26-23(29)17(3)25-22(28)15-30-19-9-5-4-6-10-19/h4-14,16-17H,15H2,1-3H3,(H,25,28)(H,26,29)/b24-13-/t17-/m1/s1. The maximum Gasteiger partial charge on any atom is 0.262 e. The van der Waals surface area contributed by atoms with Gasteiger partial charge in [0, 0.05) is 28.7 Å². The van der Waals surface area contributed by atoms with Crippen LogP contribution in [0.25, 0.3) is 10.9 Å². The predicted molar refractivity (Wildman–Crippen MR) is 118 cm³/mol. The fourth-order valence-corrected chi connectivity index (χ4v) is 3.04. The summed E-state index contributed by atoms with van der Waals surface area (Å²) in [5.74, 6) is -0.202. The maximum atomic E-state index is 12.2. The molecule has 0 unspecified atom stereocenters. The molecule has 7 nitrogen and oxygen atoms in total. The van der Waals surface area contributed by atoms with Crippen molar-refractivity contribution in [2.45, 2.75) is 32.9 Å². The lowest BCUT2D eigenvalue weighted by atomic mass is 10.2. The van der Waals surface area contributed by atoms with Crippen molar-refractivity contribution >= 4 is 28.9 Å². The second kappa shape index (κ2) is 9.73. The molecule has 0 saturated carbocycles. The highest BCUT2D eigenvalue weighted by molar-refractivity contribution is 6.00. The SMILES string of the molecule is CC(C)n1cc(/C=N\NC(=O)[C@@H](C)NC(=O)COc2ccccc2)c2ccccc21. The van der Waals surface area contributed by atoms with E-state index in [9.17, 15) is 9.59 Å². The number of aromatic nitrogens is 1. The Labute approximate surface area is 175 Å². The van der Waals surface area contributed by atoms with Gasteiger partial charge in [0.05, 0.1) is 6.21 Å². The van der Waals surface area contributed by atoms with Gasteiger partial charge in [-0.15, -0.1) is 0 Å². The van der Waals surface area contributed by atoms with Crippen LogP contribution in [0.3, 0.4) is 0 Å². The normalized spacial score (nSPS) is 12.3. The highest BCUT2D eigenvalue weighted by atomic mass is 16.5. The quantitative estimate of drug-likeness (QED) is 0.445. The Bertz CT molecular complexity index is 1040. The number of nitrogens with zero attached hydrogens (tertiary/aromatic N) is 2. The molecule has 1 aromatic heterocycles. The van der Waals surface area contributed by atoms with E-state index in [1.165, 1.54) is 0 Å². The van der Waals surface area contributed by atoms with Crippen LogP contribution >= 0.6 is 0 Å². The second-order valence-electron chi connectivity index (χ2n) is 7.23. The van der Waals surface area contributed by atoms with Crippen LogP contribution in [0.15, 0.2) is 65.9 Å². The Morgan fingerprint density at radius 2 is 1.77 bits per heavy atom. The minimum absolute atomic E-state index is 0.167. The lowest BCUT2D eigenvalue weighted by Crippen LogP contribution is -2.45. The van der Waals surface area contributed by atoms with E-state index in [1.807, 2.05) is 42.6 Å². The maximum absolute atomic E-state index is 12.2. The molecule has 3 rings (SSSR count). The van der Waals surface area contributed by atoms with Crippen molar-refractivity contribution in [2.75, 3.05) is 6.61 Å². The van der Waals surface area contributed by atoms with Gasteiger partial charge in [-0.25, -0.2) is 5.43 Å². The Kier molecular flexibility index (Phi) is 6.85. The number of ether oxygens (including phenoxy) is 1. The molecule has 1 atom stereocenters. The van der Waals surface area contributed by atoms with Gasteiger partial charge < -0.3 is 14.6 Å². The summed E-state index contributed by atoms with van der Waals surface area (Å²) in [4.78, 5) is 24.2. The Hall–Kier alpha value is -3.61. The van der Waals surface area contributed by atoms with E-state index in [4.69, 9.17) is 4.74 Å². The van der Waals surface area contributed by atoms with Crippen LogP contribution in [0.5, 0.6) is 5.75 Å². The molecular weight excluding hydrogens is 380 g/mol. The summed E-state index contributed by atoms with van der Waals surface area (Å²) < 4.78 is 7.53. The van der Waals surface area contributed by atoms with Crippen LogP contribution in [0.4, 0.5) is 0 Å². The van der Waals surface area contributed by atoms with Crippen LogP contribution in [0.2, 0.25) is 0 Å². The summed E-state index contributed by atoms with van der Waals surface area (Å²) in [6.45, 7) is 5.65. The minimum atomic E-state index is -0.744. The highest BCUT2D eigenvalue weighted by Gasteiger charge is 2.15. The van der Waals surface area contributed by atoms with E-state index in [-0.39, 0.29) is 12.5 Å². The lowest BCUT2D eigenvalue weighted by Gasteiger charge is -2.12. The van der Waals surface area contributed by atoms with E-state index < -0.39 is 11.9 Å². The number of hydrogen-bond donors (Lipinski definition) is 2. The van der Waals surface area contributed by atoms with Gasteiger partial charge in [0.2, 0.25) is 0 Å². The molecule has 0 saturated heterocycles. The third kappa shape index (κ3) is 5.26. The van der Waals surface area contributed by atoms with E-state index in [1.54, 1.807) is 25.3 Å². The van der Waals surface area contributed by atoms with Crippen LogP contribution in [-0.2, 0) is 9.59 Å². The van der Waals surface area contributed by atoms with E-state index >= 15 is 0 Å². The van der Waals surface area contributed by atoms with Crippen LogP contribution in [0, 0.1) is 0 Å². The number of fused-ring (bicyclic) bond motifs is 1. The first kappa shape index (κ1) is 21.1. The minimum Gasteiger partial charge on any atom is -0.484 e. The molecule has 2 N–H and O–H groups in total. The van der Waals surface area contributed by atoms with Crippen molar-refractivity contribution in [1.29, 1.82) is 0 Å². The van der Waals surface area contributed by atoms with E-state index in [0.717, 1.165) is 16.5 Å². The van der Waals surface area contributed by atoms with Gasteiger partial charge in [0.25, 0.3) is 11.8 Å².